The molecule has 0 spiro atoms. The van der Waals surface area contributed by atoms with Crippen molar-refractivity contribution in [3.05, 3.63) is 47.3 Å². The molecule has 2 N–H and O–H groups in total. The first kappa shape index (κ1) is 22.7. The number of aromatic nitrogens is 1. The van der Waals surface area contributed by atoms with Crippen LogP contribution in [0.5, 0.6) is 0 Å². The Kier molecular flexibility index (Phi) is 7.33. The summed E-state index contributed by atoms with van der Waals surface area (Å²) in [6.07, 6.45) is 1.41. The van der Waals surface area contributed by atoms with Crippen LogP contribution in [0.2, 0.25) is 0 Å². The van der Waals surface area contributed by atoms with Gasteiger partial charge in [0, 0.05) is 67.6 Å². The van der Waals surface area contributed by atoms with Crippen LogP contribution in [0.1, 0.15) is 21.6 Å². The zero-order valence-electron chi connectivity index (χ0n) is 17.6. The average molecular weight is 481 g/mol. The monoisotopic (exact) mass is 480 g/mol. The van der Waals surface area contributed by atoms with E-state index in [0.717, 1.165) is 53.9 Å². The van der Waals surface area contributed by atoms with Gasteiger partial charge in [0.05, 0.1) is 0 Å². The smallest absolute Gasteiger partial charge is 0.272 e. The highest BCUT2D eigenvalue weighted by molar-refractivity contribution is 7.99. The van der Waals surface area contributed by atoms with Gasteiger partial charge in [0.1, 0.15) is 10.6 Å². The second-order valence-electron chi connectivity index (χ2n) is 7.70. The first-order valence-corrected chi connectivity index (χ1v) is 14.2. The molecule has 2 aliphatic rings. The van der Waals surface area contributed by atoms with Crippen LogP contribution >= 0.6 is 23.5 Å². The molecule has 0 aliphatic carbocycles. The number of sulfonamides is 1. The van der Waals surface area contributed by atoms with Crippen LogP contribution in [0.3, 0.4) is 0 Å². The maximum absolute atomic E-state index is 12.8. The molecule has 2 aliphatic heterocycles. The summed E-state index contributed by atoms with van der Waals surface area (Å²) >= 11 is 3.74. The predicted octanol–water partition coefficient (Wildman–Crippen LogP) is 2.86. The number of rotatable bonds is 6. The van der Waals surface area contributed by atoms with Crippen molar-refractivity contribution in [3.63, 3.8) is 0 Å². The van der Waals surface area contributed by atoms with Gasteiger partial charge in [0.2, 0.25) is 10.0 Å². The molecule has 0 unspecified atom stereocenters. The molecule has 0 saturated carbocycles. The fourth-order valence-corrected chi connectivity index (χ4v) is 7.32. The van der Waals surface area contributed by atoms with Crippen LogP contribution < -0.4 is 5.32 Å². The van der Waals surface area contributed by atoms with E-state index in [1.165, 1.54) is 22.1 Å². The summed E-state index contributed by atoms with van der Waals surface area (Å²) in [7, 11) is -3.58. The summed E-state index contributed by atoms with van der Waals surface area (Å²) < 4.78 is 27.1. The van der Waals surface area contributed by atoms with E-state index in [4.69, 9.17) is 0 Å². The van der Waals surface area contributed by atoms with Crippen LogP contribution in [-0.4, -0.2) is 77.7 Å². The summed E-state index contributed by atoms with van der Waals surface area (Å²) in [5, 5.41) is 2.94. The molecule has 0 bridgehead atoms. The zero-order valence-corrected chi connectivity index (χ0v) is 20.0. The van der Waals surface area contributed by atoms with Gasteiger partial charge in [-0.2, -0.15) is 27.8 Å². The van der Waals surface area contributed by atoms with Gasteiger partial charge in [-0.05, 0) is 30.2 Å². The standard InChI is InChI=1S/C21H28N4O3S3/c1-16-17(15-24-5-9-29-10-6-24)3-2-4-19(16)23-21(26)20-13-18(14-22-20)31(27,28)25-7-11-30-12-8-25/h2-4,13-14,22H,5-12,15H2,1H3,(H,23,26). The molecule has 7 nitrogen and oxygen atoms in total. The number of anilines is 1. The van der Waals surface area contributed by atoms with E-state index in [2.05, 4.69) is 21.3 Å². The molecule has 1 aromatic carbocycles. The number of carbonyl (C=O) groups is 1. The molecule has 168 valence electrons. The Labute approximate surface area is 192 Å². The Balaban J connectivity index is 1.46. The average Bonchev–Trinajstić information content (AvgIpc) is 3.29. The van der Waals surface area contributed by atoms with Crippen molar-refractivity contribution >= 4 is 45.1 Å². The third-order valence-electron chi connectivity index (χ3n) is 5.70. The molecule has 2 fully saturated rings. The van der Waals surface area contributed by atoms with Crippen molar-refractivity contribution in [1.29, 1.82) is 0 Å². The van der Waals surface area contributed by atoms with E-state index in [1.807, 2.05) is 30.8 Å². The molecule has 3 heterocycles. The van der Waals surface area contributed by atoms with E-state index >= 15 is 0 Å². The van der Waals surface area contributed by atoms with Crippen molar-refractivity contribution in [3.8, 4) is 0 Å². The van der Waals surface area contributed by atoms with E-state index < -0.39 is 10.0 Å². The number of amides is 1. The van der Waals surface area contributed by atoms with Gasteiger partial charge in [-0.3, -0.25) is 9.69 Å². The summed E-state index contributed by atoms with van der Waals surface area (Å²) in [6.45, 7) is 6.05. The van der Waals surface area contributed by atoms with Gasteiger partial charge >= 0.3 is 0 Å². The number of benzene rings is 1. The molecule has 2 aromatic rings. The number of aromatic amines is 1. The molecule has 10 heteroatoms. The number of hydrogen-bond donors (Lipinski definition) is 2. The highest BCUT2D eigenvalue weighted by atomic mass is 32.2. The molecule has 4 rings (SSSR count). The lowest BCUT2D eigenvalue weighted by Gasteiger charge is -2.27. The number of nitrogens with zero attached hydrogens (tertiary/aromatic N) is 2. The fourth-order valence-electron chi connectivity index (χ4n) is 3.77. The minimum atomic E-state index is -3.58. The highest BCUT2D eigenvalue weighted by Gasteiger charge is 2.28. The third kappa shape index (κ3) is 5.31. The zero-order chi connectivity index (χ0) is 21.8. The van der Waals surface area contributed by atoms with Crippen LogP contribution in [0.15, 0.2) is 35.4 Å². The van der Waals surface area contributed by atoms with E-state index in [9.17, 15) is 13.2 Å². The molecule has 0 radical (unpaired) electrons. The quantitative estimate of drug-likeness (QED) is 0.661. The minimum Gasteiger partial charge on any atom is -0.356 e. The van der Waals surface area contributed by atoms with Gasteiger partial charge in [0.15, 0.2) is 0 Å². The first-order valence-electron chi connectivity index (χ1n) is 10.4. The fraction of sp³-hybridized carbons (Fsp3) is 0.476. The summed E-state index contributed by atoms with van der Waals surface area (Å²) in [5.74, 6) is 3.56. The second-order valence-corrected chi connectivity index (χ2v) is 12.1. The van der Waals surface area contributed by atoms with Gasteiger partial charge in [-0.1, -0.05) is 12.1 Å². The Hall–Kier alpha value is -1.46. The van der Waals surface area contributed by atoms with Gasteiger partial charge in [0.25, 0.3) is 5.91 Å². The third-order valence-corrected chi connectivity index (χ3v) is 9.46. The van der Waals surface area contributed by atoms with E-state index in [0.29, 0.717) is 13.1 Å². The van der Waals surface area contributed by atoms with Crippen molar-refractivity contribution in [2.75, 3.05) is 54.5 Å². The van der Waals surface area contributed by atoms with Crippen molar-refractivity contribution in [1.82, 2.24) is 14.2 Å². The molecule has 31 heavy (non-hydrogen) atoms. The Morgan fingerprint density at radius 3 is 2.48 bits per heavy atom. The van der Waals surface area contributed by atoms with Crippen LogP contribution in [0.25, 0.3) is 0 Å². The molecular weight excluding hydrogens is 452 g/mol. The topological polar surface area (TPSA) is 85.5 Å². The number of hydrogen-bond acceptors (Lipinski definition) is 6. The minimum absolute atomic E-state index is 0.137. The predicted molar refractivity (Wildman–Crippen MR) is 129 cm³/mol. The summed E-state index contributed by atoms with van der Waals surface area (Å²) in [5.41, 5.74) is 3.23. The van der Waals surface area contributed by atoms with Crippen LogP contribution in [-0.2, 0) is 16.6 Å². The van der Waals surface area contributed by atoms with Crippen molar-refractivity contribution in [2.24, 2.45) is 0 Å². The summed E-state index contributed by atoms with van der Waals surface area (Å²) in [4.78, 5) is 18.2. The van der Waals surface area contributed by atoms with Gasteiger partial charge < -0.3 is 10.3 Å². The Morgan fingerprint density at radius 1 is 1.10 bits per heavy atom. The van der Waals surface area contributed by atoms with Crippen LogP contribution in [0.4, 0.5) is 5.69 Å². The lowest BCUT2D eigenvalue weighted by molar-refractivity contribution is 0.102. The first-order chi connectivity index (χ1) is 14.9. The van der Waals surface area contributed by atoms with Gasteiger partial charge in [-0.15, -0.1) is 0 Å². The maximum Gasteiger partial charge on any atom is 0.272 e. The highest BCUT2D eigenvalue weighted by Crippen LogP contribution is 2.24. The largest absolute Gasteiger partial charge is 0.356 e. The Morgan fingerprint density at radius 2 is 1.77 bits per heavy atom. The lowest BCUT2D eigenvalue weighted by atomic mass is 10.1. The molecule has 2 saturated heterocycles. The van der Waals surface area contributed by atoms with Crippen molar-refractivity contribution < 1.29 is 13.2 Å². The molecular formula is C21H28N4O3S3. The van der Waals surface area contributed by atoms with E-state index in [1.54, 1.807) is 11.8 Å². The SMILES string of the molecule is Cc1c(CN2CCSCC2)cccc1NC(=O)c1cc(S(=O)(=O)N2CCSCC2)c[nH]1. The number of H-pyrrole nitrogens is 1. The number of thioether (sulfide) groups is 2. The number of nitrogens with one attached hydrogen (secondary N) is 2. The van der Waals surface area contributed by atoms with E-state index in [-0.39, 0.29) is 16.5 Å². The summed E-state index contributed by atoms with van der Waals surface area (Å²) in [6, 6.07) is 7.37. The molecule has 1 amide bonds. The second kappa shape index (κ2) is 9.99. The van der Waals surface area contributed by atoms with Crippen molar-refractivity contribution in [2.45, 2.75) is 18.4 Å². The Bertz CT molecular complexity index is 1030. The van der Waals surface area contributed by atoms with Crippen LogP contribution in [0, 0.1) is 6.92 Å². The normalized spacial score (nSPS) is 18.7. The molecule has 0 atom stereocenters. The maximum atomic E-state index is 12.8. The molecule has 1 aromatic heterocycles. The lowest BCUT2D eigenvalue weighted by Crippen LogP contribution is -2.37. The van der Waals surface area contributed by atoms with Gasteiger partial charge in [-0.25, -0.2) is 8.42 Å². The number of carbonyl (C=O) groups excluding carboxylic acids is 1.